The molecular weight excluding hydrogens is 256 g/mol. The molecule has 0 saturated heterocycles. The fourth-order valence-corrected chi connectivity index (χ4v) is 2.98. The van der Waals surface area contributed by atoms with E-state index in [0.717, 1.165) is 5.71 Å². The Balaban J connectivity index is 2.09. The lowest BCUT2D eigenvalue weighted by molar-refractivity contribution is 0.306. The molecule has 0 amide bonds. The van der Waals surface area contributed by atoms with Crippen LogP contribution in [-0.2, 0) is 0 Å². The Kier molecular flexibility index (Phi) is 5.58. The molecule has 1 unspecified atom stereocenters. The Labute approximate surface area is 129 Å². The molecule has 2 N–H and O–H groups in total. The van der Waals surface area contributed by atoms with Gasteiger partial charge in [0.15, 0.2) is 0 Å². The van der Waals surface area contributed by atoms with E-state index in [1.807, 2.05) is 0 Å². The molecule has 116 valence electrons. The molecule has 4 atom stereocenters. The minimum atomic E-state index is 0.211. The Bertz CT molecular complexity index is 450. The zero-order valence-electron chi connectivity index (χ0n) is 13.9. The van der Waals surface area contributed by atoms with Gasteiger partial charge in [-0.1, -0.05) is 57.5 Å². The lowest BCUT2D eigenvalue weighted by atomic mass is 9.83. The molecule has 0 spiro atoms. The minimum absolute atomic E-state index is 0.211. The summed E-state index contributed by atoms with van der Waals surface area (Å²) in [6.07, 6.45) is 3.60. The summed E-state index contributed by atoms with van der Waals surface area (Å²) >= 11 is 0. The Morgan fingerprint density at radius 1 is 1.19 bits per heavy atom. The van der Waals surface area contributed by atoms with Crippen LogP contribution in [0.25, 0.3) is 0 Å². The highest BCUT2D eigenvalue weighted by Crippen LogP contribution is 2.34. The lowest BCUT2D eigenvalue weighted by Crippen LogP contribution is -2.45. The molecule has 0 aromatic heterocycles. The third-order valence-electron chi connectivity index (χ3n) is 5.15. The van der Waals surface area contributed by atoms with Gasteiger partial charge in [-0.25, -0.2) is 0 Å². The van der Waals surface area contributed by atoms with E-state index >= 15 is 0 Å². The van der Waals surface area contributed by atoms with Gasteiger partial charge in [0.2, 0.25) is 0 Å². The smallest absolute Gasteiger partial charge is 0.0484 e. The van der Waals surface area contributed by atoms with Gasteiger partial charge in [0, 0.05) is 17.8 Å². The quantitative estimate of drug-likeness (QED) is 0.660. The van der Waals surface area contributed by atoms with E-state index in [-0.39, 0.29) is 6.04 Å². The van der Waals surface area contributed by atoms with Crippen molar-refractivity contribution in [3.05, 3.63) is 35.9 Å². The van der Waals surface area contributed by atoms with E-state index in [2.05, 4.69) is 63.3 Å². The Morgan fingerprint density at radius 2 is 1.81 bits per heavy atom. The molecule has 0 radical (unpaired) electrons. The minimum Gasteiger partial charge on any atom is -0.308 e. The van der Waals surface area contributed by atoms with Gasteiger partial charge in [-0.2, -0.15) is 0 Å². The standard InChI is InChI=1S/C19H30N2/c1-5-13(2)14(3)19(18(20)17-11-12-17)21-15(4)16-9-7-6-8-10-16/h6-10,13-15,17,19-21H,5,11-12H2,1-4H3/t13-,14-,15-,19?/m0/s1. The summed E-state index contributed by atoms with van der Waals surface area (Å²) in [5.74, 6) is 1.69. The highest BCUT2D eigenvalue weighted by Gasteiger charge is 2.35. The average Bonchev–Trinajstić information content (AvgIpc) is 3.36. The van der Waals surface area contributed by atoms with E-state index < -0.39 is 0 Å². The van der Waals surface area contributed by atoms with Crippen molar-refractivity contribution in [2.75, 3.05) is 0 Å². The first-order valence-electron chi connectivity index (χ1n) is 8.43. The van der Waals surface area contributed by atoms with Gasteiger partial charge in [-0.05, 0) is 43.1 Å². The fourth-order valence-electron chi connectivity index (χ4n) is 2.98. The number of hydrogen-bond acceptors (Lipinski definition) is 2. The van der Waals surface area contributed by atoms with Crippen LogP contribution >= 0.6 is 0 Å². The molecule has 1 aliphatic carbocycles. The average molecular weight is 286 g/mol. The predicted molar refractivity (Wildman–Crippen MR) is 90.9 cm³/mol. The molecule has 1 aromatic rings. The van der Waals surface area contributed by atoms with Crippen LogP contribution in [0.1, 0.15) is 58.6 Å². The Hall–Kier alpha value is -1.15. The molecule has 0 bridgehead atoms. The van der Waals surface area contributed by atoms with Gasteiger partial charge >= 0.3 is 0 Å². The SMILES string of the molecule is CC[C@H](C)[C@H](C)C(N[C@@H](C)c1ccccc1)C(=N)C1CC1. The highest BCUT2D eigenvalue weighted by atomic mass is 15.0. The first kappa shape index (κ1) is 16.2. The van der Waals surface area contributed by atoms with Gasteiger partial charge in [0.1, 0.15) is 0 Å². The maximum Gasteiger partial charge on any atom is 0.0484 e. The predicted octanol–water partition coefficient (Wildman–Crippen LogP) is 4.82. The zero-order chi connectivity index (χ0) is 15.4. The highest BCUT2D eigenvalue weighted by molar-refractivity contribution is 5.91. The first-order valence-corrected chi connectivity index (χ1v) is 8.43. The number of hydrogen-bond donors (Lipinski definition) is 2. The van der Waals surface area contributed by atoms with Crippen molar-refractivity contribution in [3.8, 4) is 0 Å². The van der Waals surface area contributed by atoms with Gasteiger partial charge in [0.25, 0.3) is 0 Å². The molecular formula is C19H30N2. The van der Waals surface area contributed by atoms with Crippen molar-refractivity contribution in [2.24, 2.45) is 17.8 Å². The normalized spacial score (nSPS) is 20.6. The first-order chi connectivity index (χ1) is 10.0. The fraction of sp³-hybridized carbons (Fsp3) is 0.632. The molecule has 2 nitrogen and oxygen atoms in total. The molecule has 1 aromatic carbocycles. The summed E-state index contributed by atoms with van der Waals surface area (Å²) in [5, 5.41) is 12.3. The maximum absolute atomic E-state index is 8.56. The molecule has 1 aliphatic rings. The summed E-state index contributed by atoms with van der Waals surface area (Å²) in [4.78, 5) is 0. The van der Waals surface area contributed by atoms with Crippen LogP contribution in [-0.4, -0.2) is 11.8 Å². The second-order valence-corrected chi connectivity index (χ2v) is 6.75. The Morgan fingerprint density at radius 3 is 2.33 bits per heavy atom. The second kappa shape index (κ2) is 7.22. The van der Waals surface area contributed by atoms with Crippen LogP contribution in [0.4, 0.5) is 0 Å². The van der Waals surface area contributed by atoms with Crippen LogP contribution in [0.2, 0.25) is 0 Å². The van der Waals surface area contributed by atoms with E-state index in [1.54, 1.807) is 0 Å². The lowest BCUT2D eigenvalue weighted by Gasteiger charge is -2.32. The van der Waals surface area contributed by atoms with Crippen LogP contribution in [0.3, 0.4) is 0 Å². The van der Waals surface area contributed by atoms with Crippen LogP contribution in [0, 0.1) is 23.2 Å². The second-order valence-electron chi connectivity index (χ2n) is 6.75. The third-order valence-corrected chi connectivity index (χ3v) is 5.15. The van der Waals surface area contributed by atoms with Crippen LogP contribution < -0.4 is 5.32 Å². The summed E-state index contributed by atoms with van der Waals surface area (Å²) in [6, 6.07) is 11.1. The van der Waals surface area contributed by atoms with Crippen molar-refractivity contribution in [3.63, 3.8) is 0 Å². The molecule has 21 heavy (non-hydrogen) atoms. The molecule has 0 heterocycles. The van der Waals surface area contributed by atoms with E-state index in [9.17, 15) is 0 Å². The van der Waals surface area contributed by atoms with E-state index in [1.165, 1.54) is 24.8 Å². The summed E-state index contributed by atoms with van der Waals surface area (Å²) < 4.78 is 0. The molecule has 1 fully saturated rings. The zero-order valence-corrected chi connectivity index (χ0v) is 13.9. The van der Waals surface area contributed by atoms with Gasteiger partial charge < -0.3 is 10.7 Å². The largest absolute Gasteiger partial charge is 0.308 e. The number of nitrogens with one attached hydrogen (secondary N) is 2. The molecule has 2 rings (SSSR count). The maximum atomic E-state index is 8.56. The van der Waals surface area contributed by atoms with Gasteiger partial charge in [-0.15, -0.1) is 0 Å². The van der Waals surface area contributed by atoms with Crippen molar-refractivity contribution < 1.29 is 0 Å². The summed E-state index contributed by atoms with van der Waals surface area (Å²) in [6.45, 7) is 9.08. The number of rotatable bonds is 8. The number of benzene rings is 1. The van der Waals surface area contributed by atoms with E-state index in [0.29, 0.717) is 23.8 Å². The van der Waals surface area contributed by atoms with Crippen molar-refractivity contribution in [2.45, 2.75) is 59.0 Å². The summed E-state index contributed by atoms with van der Waals surface area (Å²) in [7, 11) is 0. The van der Waals surface area contributed by atoms with E-state index in [4.69, 9.17) is 5.41 Å². The monoisotopic (exact) mass is 286 g/mol. The molecule has 1 saturated carbocycles. The van der Waals surface area contributed by atoms with Crippen molar-refractivity contribution in [1.82, 2.24) is 5.32 Å². The van der Waals surface area contributed by atoms with Gasteiger partial charge in [0.05, 0.1) is 0 Å². The van der Waals surface area contributed by atoms with Crippen molar-refractivity contribution >= 4 is 5.71 Å². The van der Waals surface area contributed by atoms with Gasteiger partial charge in [-0.3, -0.25) is 0 Å². The summed E-state index contributed by atoms with van der Waals surface area (Å²) in [5.41, 5.74) is 2.24. The molecule has 0 aliphatic heterocycles. The van der Waals surface area contributed by atoms with Crippen molar-refractivity contribution in [1.29, 1.82) is 5.41 Å². The molecule has 2 heteroatoms. The van der Waals surface area contributed by atoms with Crippen LogP contribution in [0.15, 0.2) is 30.3 Å². The third kappa shape index (κ3) is 4.16. The topological polar surface area (TPSA) is 35.9 Å². The van der Waals surface area contributed by atoms with Crippen LogP contribution in [0.5, 0.6) is 0 Å².